The molecule has 0 radical (unpaired) electrons. The summed E-state index contributed by atoms with van der Waals surface area (Å²) in [6.45, 7) is 3.14. The van der Waals surface area contributed by atoms with Gasteiger partial charge >= 0.3 is 0 Å². The molecular formula is C15H23ClN2O2S. The maximum Gasteiger partial charge on any atom is 0.175 e. The van der Waals surface area contributed by atoms with Crippen LogP contribution in [0.5, 0.6) is 0 Å². The quantitative estimate of drug-likeness (QED) is 0.918. The van der Waals surface area contributed by atoms with Crippen molar-refractivity contribution in [2.24, 2.45) is 0 Å². The fourth-order valence-corrected chi connectivity index (χ4v) is 3.89. The van der Waals surface area contributed by atoms with E-state index in [0.29, 0.717) is 17.0 Å². The molecule has 2 unspecified atom stereocenters. The van der Waals surface area contributed by atoms with E-state index in [4.69, 9.17) is 0 Å². The number of hydrogen-bond donors (Lipinski definition) is 1. The van der Waals surface area contributed by atoms with E-state index in [-0.39, 0.29) is 12.4 Å². The standard InChI is InChI=1S/C15H22N2O2S.ClH/c1-20(18,19)15-6-2-12(3-7-15)10-17-9-8-13-4-5-14(11-17)16-13;/h2-3,6-7,13-14,16H,4-5,8-11H2,1H3;1H. The molecule has 1 aromatic carbocycles. The van der Waals surface area contributed by atoms with Gasteiger partial charge in [0.1, 0.15) is 0 Å². The largest absolute Gasteiger partial charge is 0.310 e. The maximum atomic E-state index is 11.4. The zero-order valence-corrected chi connectivity index (χ0v) is 13.9. The topological polar surface area (TPSA) is 49.4 Å². The van der Waals surface area contributed by atoms with Crippen LogP contribution in [0.25, 0.3) is 0 Å². The summed E-state index contributed by atoms with van der Waals surface area (Å²) in [5, 5.41) is 3.68. The average Bonchev–Trinajstić information content (AvgIpc) is 2.72. The van der Waals surface area contributed by atoms with Crippen LogP contribution in [-0.4, -0.2) is 44.7 Å². The Labute approximate surface area is 133 Å². The molecule has 0 spiro atoms. The number of nitrogens with zero attached hydrogens (tertiary/aromatic N) is 1. The first-order valence-corrected chi connectivity index (χ1v) is 9.17. The Morgan fingerprint density at radius 2 is 1.81 bits per heavy atom. The van der Waals surface area contributed by atoms with E-state index >= 15 is 0 Å². The molecule has 2 atom stereocenters. The van der Waals surface area contributed by atoms with Crippen LogP contribution < -0.4 is 5.32 Å². The van der Waals surface area contributed by atoms with Crippen molar-refractivity contribution in [1.29, 1.82) is 0 Å². The fraction of sp³-hybridized carbons (Fsp3) is 0.600. The molecule has 0 aliphatic carbocycles. The van der Waals surface area contributed by atoms with Gasteiger partial charge in [-0.2, -0.15) is 0 Å². The number of fused-ring (bicyclic) bond motifs is 2. The summed E-state index contributed by atoms with van der Waals surface area (Å²) in [4.78, 5) is 2.88. The molecule has 0 amide bonds. The molecule has 21 heavy (non-hydrogen) atoms. The SMILES string of the molecule is CS(=O)(=O)c1ccc(CN2CCC3CCC(C2)N3)cc1.Cl. The Morgan fingerprint density at radius 3 is 2.48 bits per heavy atom. The third kappa shape index (κ3) is 4.19. The molecule has 118 valence electrons. The van der Waals surface area contributed by atoms with Crippen molar-refractivity contribution >= 4 is 22.2 Å². The smallest absolute Gasteiger partial charge is 0.175 e. The molecule has 2 bridgehead atoms. The van der Waals surface area contributed by atoms with Gasteiger partial charge in [-0.25, -0.2) is 8.42 Å². The minimum Gasteiger partial charge on any atom is -0.310 e. The molecule has 0 saturated carbocycles. The third-order valence-corrected chi connectivity index (χ3v) is 5.49. The number of nitrogens with one attached hydrogen (secondary N) is 1. The van der Waals surface area contributed by atoms with Gasteiger partial charge in [-0.15, -0.1) is 12.4 Å². The van der Waals surface area contributed by atoms with Gasteiger partial charge in [0.05, 0.1) is 4.90 Å². The second-order valence-corrected chi connectivity index (χ2v) is 8.09. The molecular weight excluding hydrogens is 308 g/mol. The molecule has 1 aromatic rings. The summed E-state index contributed by atoms with van der Waals surface area (Å²) in [7, 11) is -3.09. The van der Waals surface area contributed by atoms with E-state index in [1.807, 2.05) is 12.1 Å². The third-order valence-electron chi connectivity index (χ3n) is 4.37. The van der Waals surface area contributed by atoms with Gasteiger partial charge in [0.25, 0.3) is 0 Å². The molecule has 2 aliphatic rings. The van der Waals surface area contributed by atoms with E-state index in [0.717, 1.165) is 19.6 Å². The van der Waals surface area contributed by atoms with Crippen LogP contribution in [0.4, 0.5) is 0 Å². The molecule has 2 aliphatic heterocycles. The molecule has 4 nitrogen and oxygen atoms in total. The van der Waals surface area contributed by atoms with E-state index in [1.165, 1.54) is 31.1 Å². The molecule has 0 aromatic heterocycles. The molecule has 2 saturated heterocycles. The van der Waals surface area contributed by atoms with Crippen molar-refractivity contribution in [1.82, 2.24) is 10.2 Å². The number of halogens is 1. The first-order valence-electron chi connectivity index (χ1n) is 7.28. The highest BCUT2D eigenvalue weighted by molar-refractivity contribution is 7.90. The van der Waals surface area contributed by atoms with Crippen LogP contribution in [0.2, 0.25) is 0 Å². The minimum absolute atomic E-state index is 0. The molecule has 3 rings (SSSR count). The lowest BCUT2D eigenvalue weighted by Crippen LogP contribution is -2.34. The molecule has 6 heteroatoms. The fourth-order valence-electron chi connectivity index (χ4n) is 3.26. The van der Waals surface area contributed by atoms with Crippen molar-refractivity contribution in [3.8, 4) is 0 Å². The Balaban J connectivity index is 0.00000161. The van der Waals surface area contributed by atoms with Gasteiger partial charge in [-0.05, 0) is 37.0 Å². The van der Waals surface area contributed by atoms with Crippen LogP contribution in [0.3, 0.4) is 0 Å². The van der Waals surface area contributed by atoms with Crippen LogP contribution in [-0.2, 0) is 16.4 Å². The monoisotopic (exact) mass is 330 g/mol. The maximum absolute atomic E-state index is 11.4. The van der Waals surface area contributed by atoms with Crippen LogP contribution in [0.15, 0.2) is 29.2 Å². The van der Waals surface area contributed by atoms with Gasteiger partial charge < -0.3 is 5.32 Å². The summed E-state index contributed by atoms with van der Waals surface area (Å²) in [5.41, 5.74) is 1.19. The van der Waals surface area contributed by atoms with Gasteiger partial charge in [-0.3, -0.25) is 4.90 Å². The highest BCUT2D eigenvalue weighted by Gasteiger charge is 2.28. The Hall–Kier alpha value is -0.620. The van der Waals surface area contributed by atoms with Crippen LogP contribution >= 0.6 is 12.4 Å². The second-order valence-electron chi connectivity index (χ2n) is 6.08. The predicted octanol–water partition coefficient (Wildman–Crippen LogP) is 1.84. The van der Waals surface area contributed by atoms with E-state index < -0.39 is 9.84 Å². The van der Waals surface area contributed by atoms with Gasteiger partial charge in [0.2, 0.25) is 0 Å². The lowest BCUT2D eigenvalue weighted by Gasteiger charge is -2.24. The van der Waals surface area contributed by atoms with E-state index in [1.54, 1.807) is 12.1 Å². The number of hydrogen-bond acceptors (Lipinski definition) is 4. The number of rotatable bonds is 3. The number of benzene rings is 1. The first-order chi connectivity index (χ1) is 9.50. The zero-order valence-electron chi connectivity index (χ0n) is 12.3. The highest BCUT2D eigenvalue weighted by atomic mass is 35.5. The summed E-state index contributed by atoms with van der Waals surface area (Å²) >= 11 is 0. The van der Waals surface area contributed by atoms with Crippen molar-refractivity contribution < 1.29 is 8.42 Å². The zero-order chi connectivity index (χ0) is 14.2. The highest BCUT2D eigenvalue weighted by Crippen LogP contribution is 2.21. The van der Waals surface area contributed by atoms with E-state index in [9.17, 15) is 8.42 Å². The van der Waals surface area contributed by atoms with Gasteiger partial charge in [0.15, 0.2) is 9.84 Å². The summed E-state index contributed by atoms with van der Waals surface area (Å²) in [5.74, 6) is 0. The summed E-state index contributed by atoms with van der Waals surface area (Å²) in [6, 6.07) is 8.65. The van der Waals surface area contributed by atoms with Gasteiger partial charge in [-0.1, -0.05) is 12.1 Å². The molecule has 1 N–H and O–H groups in total. The average molecular weight is 331 g/mol. The lowest BCUT2D eigenvalue weighted by molar-refractivity contribution is 0.251. The summed E-state index contributed by atoms with van der Waals surface area (Å²) in [6.07, 6.45) is 5.08. The minimum atomic E-state index is -3.09. The van der Waals surface area contributed by atoms with Crippen LogP contribution in [0.1, 0.15) is 24.8 Å². The lowest BCUT2D eigenvalue weighted by atomic mass is 10.1. The Morgan fingerprint density at radius 1 is 1.14 bits per heavy atom. The Bertz CT molecular complexity index is 574. The van der Waals surface area contributed by atoms with Crippen LogP contribution in [0, 0.1) is 0 Å². The molecule has 2 heterocycles. The number of likely N-dealkylation sites (tertiary alicyclic amines) is 1. The predicted molar refractivity (Wildman–Crippen MR) is 86.6 cm³/mol. The first kappa shape index (κ1) is 16.7. The number of sulfone groups is 1. The summed E-state index contributed by atoms with van der Waals surface area (Å²) < 4.78 is 22.9. The van der Waals surface area contributed by atoms with E-state index in [2.05, 4.69) is 10.2 Å². The molecule has 2 fully saturated rings. The van der Waals surface area contributed by atoms with Crippen molar-refractivity contribution in [2.45, 2.75) is 42.8 Å². The van der Waals surface area contributed by atoms with Crippen molar-refractivity contribution in [3.05, 3.63) is 29.8 Å². The van der Waals surface area contributed by atoms with Crippen molar-refractivity contribution in [2.75, 3.05) is 19.3 Å². The Kier molecular flexibility index (Phi) is 5.30. The normalized spacial score (nSPS) is 26.1. The van der Waals surface area contributed by atoms with Crippen molar-refractivity contribution in [3.63, 3.8) is 0 Å². The van der Waals surface area contributed by atoms with Gasteiger partial charge in [0, 0.05) is 38.0 Å². The second kappa shape index (κ2) is 6.65.